The molecular formula is C15H31N3O3S. The van der Waals surface area contributed by atoms with E-state index in [0.717, 1.165) is 19.6 Å². The fourth-order valence-corrected chi connectivity index (χ4v) is 2.29. The minimum atomic E-state index is 0.0163. The topological polar surface area (TPSA) is 70.7 Å². The molecule has 130 valence electrons. The van der Waals surface area contributed by atoms with Crippen molar-refractivity contribution in [3.63, 3.8) is 0 Å². The minimum Gasteiger partial charge on any atom is -0.380 e. The van der Waals surface area contributed by atoms with E-state index in [1.165, 1.54) is 11.8 Å². The Hall–Kier alpha value is -0.790. The molecule has 0 saturated carbocycles. The van der Waals surface area contributed by atoms with Crippen LogP contribution in [0.15, 0.2) is 0 Å². The van der Waals surface area contributed by atoms with Crippen molar-refractivity contribution in [2.24, 2.45) is 0 Å². The molecule has 2 amide bonds. The van der Waals surface area contributed by atoms with Crippen LogP contribution in [0, 0.1) is 0 Å². The van der Waals surface area contributed by atoms with E-state index in [4.69, 9.17) is 4.74 Å². The number of hydrogen-bond donors (Lipinski definition) is 2. The number of rotatable bonds is 13. The predicted octanol–water partition coefficient (Wildman–Crippen LogP) is 0.719. The van der Waals surface area contributed by atoms with Crippen LogP contribution < -0.4 is 10.6 Å². The van der Waals surface area contributed by atoms with Crippen LogP contribution in [0.4, 0.5) is 0 Å². The van der Waals surface area contributed by atoms with Gasteiger partial charge in [0.05, 0.1) is 12.4 Å². The molecular weight excluding hydrogens is 302 g/mol. The Morgan fingerprint density at radius 1 is 1.18 bits per heavy atom. The average molecular weight is 333 g/mol. The number of thioether (sulfide) groups is 1. The maximum atomic E-state index is 11.6. The highest BCUT2D eigenvalue weighted by atomic mass is 32.2. The van der Waals surface area contributed by atoms with Crippen molar-refractivity contribution < 1.29 is 14.3 Å². The maximum Gasteiger partial charge on any atom is 0.229 e. The summed E-state index contributed by atoms with van der Waals surface area (Å²) in [4.78, 5) is 25.0. The zero-order chi connectivity index (χ0) is 16.8. The molecule has 7 heteroatoms. The Morgan fingerprint density at radius 3 is 2.55 bits per heavy atom. The third-order valence-electron chi connectivity index (χ3n) is 2.63. The standard InChI is InChI=1S/C15H31N3O3S/c1-13(2)17-14(19)6-11-22-12-15(20)16-7-5-9-21-10-8-18(3)4/h13H,5-12H2,1-4H3,(H,16,20)(H,17,19). The highest BCUT2D eigenvalue weighted by Gasteiger charge is 2.05. The summed E-state index contributed by atoms with van der Waals surface area (Å²) in [5.74, 6) is 1.12. The van der Waals surface area contributed by atoms with E-state index in [-0.39, 0.29) is 17.9 Å². The van der Waals surface area contributed by atoms with E-state index in [9.17, 15) is 9.59 Å². The van der Waals surface area contributed by atoms with E-state index in [2.05, 4.69) is 15.5 Å². The van der Waals surface area contributed by atoms with Crippen LogP contribution in [-0.2, 0) is 14.3 Å². The van der Waals surface area contributed by atoms with Gasteiger partial charge in [0.2, 0.25) is 11.8 Å². The predicted molar refractivity (Wildman–Crippen MR) is 92.2 cm³/mol. The Morgan fingerprint density at radius 2 is 1.91 bits per heavy atom. The molecule has 22 heavy (non-hydrogen) atoms. The average Bonchev–Trinajstić information content (AvgIpc) is 2.41. The van der Waals surface area contributed by atoms with Crippen LogP contribution in [-0.4, -0.2) is 74.7 Å². The fourth-order valence-electron chi connectivity index (χ4n) is 1.53. The van der Waals surface area contributed by atoms with Crippen molar-refractivity contribution in [2.75, 3.05) is 51.9 Å². The molecule has 0 radical (unpaired) electrons. The van der Waals surface area contributed by atoms with Gasteiger partial charge in [-0.15, -0.1) is 0 Å². The number of nitrogens with zero attached hydrogens (tertiary/aromatic N) is 1. The lowest BCUT2D eigenvalue weighted by molar-refractivity contribution is -0.121. The minimum absolute atomic E-state index is 0.0163. The summed E-state index contributed by atoms with van der Waals surface area (Å²) in [6, 6.07) is 0.167. The zero-order valence-electron chi connectivity index (χ0n) is 14.3. The van der Waals surface area contributed by atoms with Gasteiger partial charge in [0, 0.05) is 37.9 Å². The number of ether oxygens (including phenoxy) is 1. The van der Waals surface area contributed by atoms with E-state index >= 15 is 0 Å². The molecule has 0 aromatic heterocycles. The van der Waals surface area contributed by atoms with E-state index in [1.54, 1.807) is 0 Å². The van der Waals surface area contributed by atoms with Crippen molar-refractivity contribution in [1.29, 1.82) is 0 Å². The van der Waals surface area contributed by atoms with Gasteiger partial charge in [0.15, 0.2) is 0 Å². The number of carbonyl (C=O) groups is 2. The van der Waals surface area contributed by atoms with E-state index in [1.807, 2.05) is 27.9 Å². The van der Waals surface area contributed by atoms with Crippen LogP contribution in [0.2, 0.25) is 0 Å². The fraction of sp³-hybridized carbons (Fsp3) is 0.867. The van der Waals surface area contributed by atoms with Gasteiger partial charge in [0.25, 0.3) is 0 Å². The monoisotopic (exact) mass is 333 g/mol. The van der Waals surface area contributed by atoms with Crippen molar-refractivity contribution in [3.05, 3.63) is 0 Å². The Labute approximate surface area is 138 Å². The van der Waals surface area contributed by atoms with Gasteiger partial charge < -0.3 is 20.3 Å². The maximum absolute atomic E-state index is 11.6. The first-order valence-electron chi connectivity index (χ1n) is 7.78. The van der Waals surface area contributed by atoms with Gasteiger partial charge in [0.1, 0.15) is 0 Å². The third kappa shape index (κ3) is 15.6. The van der Waals surface area contributed by atoms with Crippen molar-refractivity contribution in [3.8, 4) is 0 Å². The van der Waals surface area contributed by atoms with Gasteiger partial charge in [-0.1, -0.05) is 0 Å². The van der Waals surface area contributed by atoms with Crippen molar-refractivity contribution in [1.82, 2.24) is 15.5 Å². The van der Waals surface area contributed by atoms with Crippen LogP contribution in [0.25, 0.3) is 0 Å². The molecule has 0 aliphatic rings. The first-order valence-corrected chi connectivity index (χ1v) is 8.93. The Kier molecular flexibility index (Phi) is 13.3. The van der Waals surface area contributed by atoms with Crippen LogP contribution in [0.3, 0.4) is 0 Å². The molecule has 0 saturated heterocycles. The summed E-state index contributed by atoms with van der Waals surface area (Å²) in [5, 5.41) is 5.68. The summed E-state index contributed by atoms with van der Waals surface area (Å²) in [7, 11) is 4.02. The lowest BCUT2D eigenvalue weighted by Crippen LogP contribution is -2.30. The number of nitrogens with one attached hydrogen (secondary N) is 2. The van der Waals surface area contributed by atoms with Crippen LogP contribution in [0.1, 0.15) is 26.7 Å². The molecule has 0 heterocycles. The third-order valence-corrected chi connectivity index (χ3v) is 3.59. The molecule has 0 spiro atoms. The van der Waals surface area contributed by atoms with Crippen LogP contribution >= 0.6 is 11.8 Å². The quantitative estimate of drug-likeness (QED) is 0.486. The van der Waals surface area contributed by atoms with E-state index in [0.29, 0.717) is 31.1 Å². The van der Waals surface area contributed by atoms with Gasteiger partial charge >= 0.3 is 0 Å². The normalized spacial score (nSPS) is 11.0. The lowest BCUT2D eigenvalue weighted by atomic mass is 10.3. The number of hydrogen-bond acceptors (Lipinski definition) is 5. The van der Waals surface area contributed by atoms with Gasteiger partial charge in [-0.3, -0.25) is 9.59 Å². The number of likely N-dealkylation sites (N-methyl/N-ethyl adjacent to an activating group) is 1. The smallest absolute Gasteiger partial charge is 0.229 e. The van der Waals surface area contributed by atoms with Gasteiger partial charge in [-0.2, -0.15) is 11.8 Å². The molecule has 0 aromatic carbocycles. The Bertz CT molecular complexity index is 312. The summed E-state index contributed by atoms with van der Waals surface area (Å²) < 4.78 is 5.44. The molecule has 0 rings (SSSR count). The molecule has 0 aromatic rings. The van der Waals surface area contributed by atoms with Crippen LogP contribution in [0.5, 0.6) is 0 Å². The summed E-state index contributed by atoms with van der Waals surface area (Å²) in [6.07, 6.45) is 1.27. The van der Waals surface area contributed by atoms with Crippen molar-refractivity contribution >= 4 is 23.6 Å². The molecule has 2 N–H and O–H groups in total. The molecule has 0 bridgehead atoms. The summed E-state index contributed by atoms with van der Waals surface area (Å²) >= 11 is 1.48. The summed E-state index contributed by atoms with van der Waals surface area (Å²) in [6.45, 7) is 6.79. The first kappa shape index (κ1) is 21.2. The van der Waals surface area contributed by atoms with Gasteiger partial charge in [-0.25, -0.2) is 0 Å². The second-order valence-electron chi connectivity index (χ2n) is 5.64. The lowest BCUT2D eigenvalue weighted by Gasteiger charge is -2.10. The molecule has 0 fully saturated rings. The summed E-state index contributed by atoms with van der Waals surface area (Å²) in [5.41, 5.74) is 0. The van der Waals surface area contributed by atoms with Crippen molar-refractivity contribution in [2.45, 2.75) is 32.7 Å². The highest BCUT2D eigenvalue weighted by Crippen LogP contribution is 2.02. The largest absolute Gasteiger partial charge is 0.380 e. The molecule has 0 aliphatic carbocycles. The highest BCUT2D eigenvalue weighted by molar-refractivity contribution is 7.99. The second kappa shape index (κ2) is 13.8. The first-order chi connectivity index (χ1) is 10.4. The molecule has 0 unspecified atom stereocenters. The molecule has 0 aliphatic heterocycles. The second-order valence-corrected chi connectivity index (χ2v) is 6.75. The molecule has 0 atom stereocenters. The Balaban J connectivity index is 3.35. The SMILES string of the molecule is CC(C)NC(=O)CCSCC(=O)NCCCOCCN(C)C. The number of amides is 2. The van der Waals surface area contributed by atoms with E-state index < -0.39 is 0 Å². The zero-order valence-corrected chi connectivity index (χ0v) is 15.1. The molecule has 6 nitrogen and oxygen atoms in total. The number of carbonyl (C=O) groups excluding carboxylic acids is 2. The van der Waals surface area contributed by atoms with Gasteiger partial charge in [-0.05, 0) is 34.4 Å².